The van der Waals surface area contributed by atoms with E-state index in [4.69, 9.17) is 4.74 Å². The minimum Gasteiger partial charge on any atom is -0.476 e. The van der Waals surface area contributed by atoms with Crippen molar-refractivity contribution in [3.05, 3.63) is 54.1 Å². The molecule has 1 aliphatic rings. The molecule has 9 heteroatoms. The summed E-state index contributed by atoms with van der Waals surface area (Å²) in [5.41, 5.74) is -0.313. The lowest BCUT2D eigenvalue weighted by molar-refractivity contribution is -0.122. The molecule has 6 nitrogen and oxygen atoms in total. The summed E-state index contributed by atoms with van der Waals surface area (Å²) >= 11 is 0. The Labute approximate surface area is 143 Å². The molecular weight excluding hydrogens is 354 g/mol. The maximum absolute atomic E-state index is 13.7. The Bertz CT molecular complexity index is 913. The Morgan fingerprint density at radius 3 is 2.44 bits per heavy atom. The van der Waals surface area contributed by atoms with E-state index in [1.165, 1.54) is 12.1 Å². The first kappa shape index (κ1) is 17.2. The van der Waals surface area contributed by atoms with Crippen molar-refractivity contribution in [1.82, 2.24) is 0 Å². The number of nitrogens with zero attached hydrogens (tertiary/aromatic N) is 1. The second-order valence-corrected chi connectivity index (χ2v) is 7.36. The fraction of sp³-hybridized carbons (Fsp3) is 0.188. The zero-order chi connectivity index (χ0) is 18.2. The van der Waals surface area contributed by atoms with Gasteiger partial charge in [-0.25, -0.2) is 17.2 Å². The molecule has 1 amide bonds. The molecule has 132 valence electrons. The standard InChI is InChI=1S/C16H14F2N2O4S/c1-25(22,23)20-9-14(24-13-8-3-2-7-12(13)20)16(21)19-15-10(17)5-4-6-11(15)18/h2-8,14H,9H2,1H3,(H,19,21)/t14-/m1/s1. The first-order chi connectivity index (χ1) is 11.8. The summed E-state index contributed by atoms with van der Waals surface area (Å²) in [5.74, 6) is -2.55. The second kappa shape index (κ2) is 6.32. The predicted octanol–water partition coefficient (Wildman–Crippen LogP) is 2.13. The van der Waals surface area contributed by atoms with Crippen molar-refractivity contribution in [2.24, 2.45) is 0 Å². The third-order valence-corrected chi connectivity index (χ3v) is 4.78. The van der Waals surface area contributed by atoms with Crippen LogP contribution in [0.3, 0.4) is 0 Å². The molecule has 0 unspecified atom stereocenters. The normalized spacial score (nSPS) is 16.8. The molecule has 2 aromatic rings. The molecule has 0 radical (unpaired) electrons. The van der Waals surface area contributed by atoms with Gasteiger partial charge in [-0.3, -0.25) is 9.10 Å². The van der Waals surface area contributed by atoms with E-state index in [0.29, 0.717) is 5.69 Å². The van der Waals surface area contributed by atoms with Gasteiger partial charge < -0.3 is 10.1 Å². The molecule has 0 saturated heterocycles. The van der Waals surface area contributed by atoms with E-state index in [1.54, 1.807) is 18.2 Å². The Morgan fingerprint density at radius 2 is 1.80 bits per heavy atom. The van der Waals surface area contributed by atoms with Crippen LogP contribution < -0.4 is 14.4 Å². The second-order valence-electron chi connectivity index (χ2n) is 5.45. The Morgan fingerprint density at radius 1 is 1.16 bits per heavy atom. The average molecular weight is 368 g/mol. The maximum atomic E-state index is 13.7. The molecule has 0 aromatic heterocycles. The minimum atomic E-state index is -3.67. The quantitative estimate of drug-likeness (QED) is 0.901. The van der Waals surface area contributed by atoms with Crippen molar-refractivity contribution in [3.63, 3.8) is 0 Å². The van der Waals surface area contributed by atoms with E-state index in [-0.39, 0.29) is 12.3 Å². The van der Waals surface area contributed by atoms with Gasteiger partial charge in [0, 0.05) is 0 Å². The summed E-state index contributed by atoms with van der Waals surface area (Å²) < 4.78 is 57.9. The SMILES string of the molecule is CS(=O)(=O)N1C[C@H](C(=O)Nc2c(F)cccc2F)Oc2ccccc21. The molecule has 0 aliphatic carbocycles. The molecule has 2 aromatic carbocycles. The largest absolute Gasteiger partial charge is 0.476 e. The molecule has 1 N–H and O–H groups in total. The van der Waals surface area contributed by atoms with Crippen molar-refractivity contribution in [1.29, 1.82) is 0 Å². The fourth-order valence-corrected chi connectivity index (χ4v) is 3.39. The molecule has 1 aliphatic heterocycles. The number of nitrogens with one attached hydrogen (secondary N) is 1. The smallest absolute Gasteiger partial charge is 0.267 e. The number of rotatable bonds is 3. The van der Waals surface area contributed by atoms with Crippen molar-refractivity contribution in [2.75, 3.05) is 22.4 Å². The number of para-hydroxylation sites is 3. The Balaban J connectivity index is 1.90. The summed E-state index contributed by atoms with van der Waals surface area (Å²) in [5, 5.41) is 2.12. The van der Waals surface area contributed by atoms with Gasteiger partial charge in [-0.1, -0.05) is 18.2 Å². The lowest BCUT2D eigenvalue weighted by atomic mass is 10.2. The first-order valence-corrected chi connectivity index (χ1v) is 9.10. The van der Waals surface area contributed by atoms with Gasteiger partial charge in [-0.05, 0) is 24.3 Å². The summed E-state index contributed by atoms with van der Waals surface area (Å²) in [4.78, 5) is 12.4. The molecule has 25 heavy (non-hydrogen) atoms. The summed E-state index contributed by atoms with van der Waals surface area (Å²) in [6.45, 7) is -0.308. The number of hydrogen-bond acceptors (Lipinski definition) is 4. The number of anilines is 2. The summed E-state index contributed by atoms with van der Waals surface area (Å²) in [7, 11) is -3.67. The summed E-state index contributed by atoms with van der Waals surface area (Å²) in [6, 6.07) is 9.47. The van der Waals surface area contributed by atoms with Crippen LogP contribution in [0, 0.1) is 11.6 Å². The highest BCUT2D eigenvalue weighted by Crippen LogP contribution is 2.34. The Hall–Kier alpha value is -2.68. The van der Waals surface area contributed by atoms with E-state index >= 15 is 0 Å². The van der Waals surface area contributed by atoms with Gasteiger partial charge in [-0.2, -0.15) is 0 Å². The van der Waals surface area contributed by atoms with Crippen molar-refractivity contribution >= 4 is 27.3 Å². The summed E-state index contributed by atoms with van der Waals surface area (Å²) in [6.07, 6.45) is -0.260. The van der Waals surface area contributed by atoms with Crippen LogP contribution in [-0.4, -0.2) is 33.2 Å². The number of benzene rings is 2. The van der Waals surface area contributed by atoms with Gasteiger partial charge in [-0.15, -0.1) is 0 Å². The number of halogens is 2. The van der Waals surface area contributed by atoms with Crippen LogP contribution in [0.25, 0.3) is 0 Å². The molecule has 1 atom stereocenters. The number of fused-ring (bicyclic) bond motifs is 1. The van der Waals surface area contributed by atoms with Gasteiger partial charge in [0.15, 0.2) is 6.10 Å². The van der Waals surface area contributed by atoms with Crippen LogP contribution in [0.1, 0.15) is 0 Å². The van der Waals surface area contributed by atoms with Gasteiger partial charge in [0.25, 0.3) is 5.91 Å². The zero-order valence-corrected chi connectivity index (χ0v) is 13.9. The van der Waals surface area contributed by atoms with Crippen LogP contribution >= 0.6 is 0 Å². The molecule has 3 rings (SSSR count). The first-order valence-electron chi connectivity index (χ1n) is 7.25. The number of amides is 1. The lowest BCUT2D eigenvalue weighted by Gasteiger charge is -2.33. The van der Waals surface area contributed by atoms with E-state index in [0.717, 1.165) is 22.7 Å². The van der Waals surface area contributed by atoms with Crippen molar-refractivity contribution in [3.8, 4) is 5.75 Å². The van der Waals surface area contributed by atoms with Crippen LogP contribution in [0.5, 0.6) is 5.75 Å². The van der Waals surface area contributed by atoms with Crippen molar-refractivity contribution < 1.29 is 26.7 Å². The van der Waals surface area contributed by atoms with Gasteiger partial charge in [0.1, 0.15) is 23.1 Å². The molecule has 0 bridgehead atoms. The average Bonchev–Trinajstić information content (AvgIpc) is 2.56. The molecule has 0 saturated carbocycles. The topological polar surface area (TPSA) is 75.7 Å². The van der Waals surface area contributed by atoms with Crippen LogP contribution in [0.15, 0.2) is 42.5 Å². The monoisotopic (exact) mass is 368 g/mol. The number of ether oxygens (including phenoxy) is 1. The van der Waals surface area contributed by atoms with E-state index < -0.39 is 39.4 Å². The third kappa shape index (κ3) is 3.41. The number of hydrogen-bond donors (Lipinski definition) is 1. The van der Waals surface area contributed by atoms with Crippen LogP contribution in [0.2, 0.25) is 0 Å². The number of sulfonamides is 1. The highest BCUT2D eigenvalue weighted by atomic mass is 32.2. The van der Waals surface area contributed by atoms with Gasteiger partial charge >= 0.3 is 0 Å². The van der Waals surface area contributed by atoms with Crippen LogP contribution in [-0.2, 0) is 14.8 Å². The maximum Gasteiger partial charge on any atom is 0.267 e. The Kier molecular flexibility index (Phi) is 4.34. The van der Waals surface area contributed by atoms with E-state index in [1.807, 2.05) is 0 Å². The van der Waals surface area contributed by atoms with Gasteiger partial charge in [0.05, 0.1) is 18.5 Å². The molecule has 1 heterocycles. The minimum absolute atomic E-state index is 0.188. The third-order valence-electron chi connectivity index (χ3n) is 3.64. The van der Waals surface area contributed by atoms with E-state index in [9.17, 15) is 22.0 Å². The number of carbonyl (C=O) groups excluding carboxylic acids is 1. The van der Waals surface area contributed by atoms with Crippen LogP contribution in [0.4, 0.5) is 20.2 Å². The molecular formula is C16H14F2N2O4S. The zero-order valence-electron chi connectivity index (χ0n) is 13.1. The predicted molar refractivity (Wildman–Crippen MR) is 88.0 cm³/mol. The fourth-order valence-electron chi connectivity index (χ4n) is 2.47. The lowest BCUT2D eigenvalue weighted by Crippen LogP contribution is -2.48. The van der Waals surface area contributed by atoms with Crippen molar-refractivity contribution in [2.45, 2.75) is 6.10 Å². The van der Waals surface area contributed by atoms with E-state index in [2.05, 4.69) is 5.32 Å². The highest BCUT2D eigenvalue weighted by Gasteiger charge is 2.35. The van der Waals surface area contributed by atoms with Gasteiger partial charge in [0.2, 0.25) is 10.0 Å². The molecule has 0 fully saturated rings. The number of carbonyl (C=O) groups is 1. The highest BCUT2D eigenvalue weighted by molar-refractivity contribution is 7.92. The molecule has 0 spiro atoms.